The molecule has 276 valence electrons. The van der Waals surface area contributed by atoms with E-state index in [1.54, 1.807) is 0 Å². The number of hydrogen-bond donors (Lipinski definition) is 10. The third kappa shape index (κ3) is 12.3. The fourth-order valence-electron chi connectivity index (χ4n) is 4.09. The zero-order valence-electron chi connectivity index (χ0n) is 28.1. The van der Waals surface area contributed by atoms with Crippen molar-refractivity contribution in [3.63, 3.8) is 0 Å². The highest BCUT2D eigenvalue weighted by Gasteiger charge is 2.18. The van der Waals surface area contributed by atoms with Gasteiger partial charge in [-0.05, 0) is 39.5 Å². The van der Waals surface area contributed by atoms with Crippen molar-refractivity contribution in [2.45, 2.75) is 39.5 Å². The number of aliphatic imine (C=N–C) groups is 2. The summed E-state index contributed by atoms with van der Waals surface area (Å²) >= 11 is 11.7. The number of carbonyl (C=O) groups excluding carboxylic acids is 2. The number of unbranched alkanes of at least 4 members (excludes halogenated alkanes) is 2. The van der Waals surface area contributed by atoms with Crippen LogP contribution < -0.4 is 60.6 Å². The summed E-state index contributed by atoms with van der Waals surface area (Å²) in [5.41, 5.74) is 33.7. The van der Waals surface area contributed by atoms with E-state index in [-0.39, 0.29) is 56.9 Å². The van der Waals surface area contributed by atoms with Crippen molar-refractivity contribution in [3.05, 3.63) is 21.7 Å². The smallest absolute Gasteiger partial charge is 0.280 e. The minimum atomic E-state index is -0.712. The molecule has 0 radical (unpaired) electrons. The predicted octanol–water partition coefficient (Wildman–Crippen LogP) is -0.193. The lowest BCUT2D eigenvalue weighted by molar-refractivity contribution is 0.0964. The van der Waals surface area contributed by atoms with Gasteiger partial charge in [-0.25, -0.2) is 19.9 Å². The van der Waals surface area contributed by atoms with E-state index in [1.807, 2.05) is 18.7 Å². The van der Waals surface area contributed by atoms with Crippen LogP contribution in [0.25, 0.3) is 0 Å². The van der Waals surface area contributed by atoms with Crippen LogP contribution in [-0.2, 0) is 0 Å². The monoisotopic (exact) mass is 748 g/mol. The Kier molecular flexibility index (Phi) is 15.1. The van der Waals surface area contributed by atoms with Crippen LogP contribution in [0.15, 0.2) is 9.98 Å². The number of nitrogen functional groups attached to an aromatic ring is 4. The highest BCUT2D eigenvalue weighted by Crippen LogP contribution is 2.18. The molecular formula is C27H42Cl2N20O2. The first-order chi connectivity index (χ1) is 24.3. The quantitative estimate of drug-likeness (QED) is 0.0485. The number of nitrogens with two attached hydrogens (primary N) is 6. The van der Waals surface area contributed by atoms with Crippen molar-refractivity contribution in [1.29, 1.82) is 0 Å². The van der Waals surface area contributed by atoms with Gasteiger partial charge in [0, 0.05) is 39.3 Å². The van der Waals surface area contributed by atoms with Gasteiger partial charge in [-0.3, -0.25) is 30.2 Å². The minimum absolute atomic E-state index is 0.0905. The van der Waals surface area contributed by atoms with Gasteiger partial charge in [-0.2, -0.15) is 15.0 Å². The number of halogens is 2. The maximum atomic E-state index is 12.4. The van der Waals surface area contributed by atoms with Gasteiger partial charge in [0.1, 0.15) is 0 Å². The Balaban J connectivity index is 1.44. The van der Waals surface area contributed by atoms with Gasteiger partial charge in [0.2, 0.25) is 17.8 Å². The van der Waals surface area contributed by atoms with E-state index in [2.05, 4.69) is 66.1 Å². The lowest BCUT2D eigenvalue weighted by Gasteiger charge is -2.20. The highest BCUT2D eigenvalue weighted by molar-refractivity contribution is 6.32. The molecule has 0 aliphatic heterocycles. The Morgan fingerprint density at radius 2 is 1.04 bits per heavy atom. The Bertz CT molecular complexity index is 1620. The first kappa shape index (κ1) is 39.7. The van der Waals surface area contributed by atoms with Gasteiger partial charge in [0.25, 0.3) is 11.8 Å². The first-order valence-corrected chi connectivity index (χ1v) is 16.5. The van der Waals surface area contributed by atoms with E-state index in [1.165, 1.54) is 0 Å². The number of hydrogen-bond acceptors (Lipinski definition) is 18. The molecule has 0 saturated heterocycles. The molecule has 0 saturated carbocycles. The molecule has 16 N–H and O–H groups in total. The largest absolute Gasteiger partial charge is 0.382 e. The maximum absolute atomic E-state index is 12.4. The fraction of sp³-hybridized carbons (Fsp3) is 0.444. The normalized spacial score (nSPS) is 11.6. The summed E-state index contributed by atoms with van der Waals surface area (Å²) < 4.78 is 0. The predicted molar refractivity (Wildman–Crippen MR) is 198 cm³/mol. The Labute approximate surface area is 303 Å². The summed E-state index contributed by atoms with van der Waals surface area (Å²) in [6.07, 6.45) is 2.69. The molecule has 3 heterocycles. The number of amides is 2. The highest BCUT2D eigenvalue weighted by atomic mass is 35.5. The molecule has 0 aromatic carbocycles. The standard InChI is InChI=1S/C27H42Cl2N20O2/c1-3-49(4-2)27-47-25(38-11-7-5-9-36-23(34)44-21(50)13-17(30)42-19(32)15(28)40-13)46-26(48-27)39-12-8-6-10-37-24(35)45-22(51)14-18(31)43-20(33)16(29)41-14/h3-12H2,1-2H3,(H4,30,32,42)(H4,31,33,43)(H3,34,36,44,50)(H3,35,37,45,51)(H2,38,39,46,47,48). The van der Waals surface area contributed by atoms with Crippen LogP contribution in [0.2, 0.25) is 10.3 Å². The summed E-state index contributed by atoms with van der Waals surface area (Å²) in [5.74, 6) is -0.846. The molecule has 3 aromatic rings. The Morgan fingerprint density at radius 3 is 1.43 bits per heavy atom. The average molecular weight is 750 g/mol. The lowest BCUT2D eigenvalue weighted by Crippen LogP contribution is -2.38. The van der Waals surface area contributed by atoms with Gasteiger partial charge in [-0.1, -0.05) is 23.2 Å². The minimum Gasteiger partial charge on any atom is -0.382 e. The molecule has 51 heavy (non-hydrogen) atoms. The van der Waals surface area contributed by atoms with Gasteiger partial charge in [0.05, 0.1) is 0 Å². The Hall–Kier alpha value is -5.77. The molecule has 2 amide bonds. The van der Waals surface area contributed by atoms with Gasteiger partial charge >= 0.3 is 0 Å². The summed E-state index contributed by atoms with van der Waals surface area (Å²) in [5, 5.41) is 10.9. The molecule has 22 nitrogen and oxygen atoms in total. The molecule has 0 bridgehead atoms. The summed E-state index contributed by atoms with van der Waals surface area (Å²) in [6, 6.07) is 0. The number of aromatic nitrogens is 7. The zero-order chi connectivity index (χ0) is 37.5. The zero-order valence-corrected chi connectivity index (χ0v) is 29.6. The molecule has 24 heteroatoms. The number of nitrogens with one attached hydrogen (secondary N) is 4. The molecule has 0 aliphatic carbocycles. The summed E-state index contributed by atoms with van der Waals surface area (Å²) in [7, 11) is 0. The van der Waals surface area contributed by atoms with Crippen molar-refractivity contribution in [2.24, 2.45) is 21.5 Å². The number of rotatable bonds is 17. The topological polar surface area (TPSA) is 357 Å². The number of carbonyl (C=O) groups is 2. The van der Waals surface area contributed by atoms with E-state index >= 15 is 0 Å². The van der Waals surface area contributed by atoms with Crippen LogP contribution in [0, 0.1) is 0 Å². The van der Waals surface area contributed by atoms with E-state index in [4.69, 9.17) is 57.6 Å². The molecule has 3 rings (SSSR count). The van der Waals surface area contributed by atoms with Crippen molar-refractivity contribution in [2.75, 3.05) is 77.7 Å². The van der Waals surface area contributed by atoms with Crippen molar-refractivity contribution >= 4 is 88.1 Å². The van der Waals surface area contributed by atoms with E-state index < -0.39 is 11.8 Å². The second-order valence-corrected chi connectivity index (χ2v) is 11.1. The van der Waals surface area contributed by atoms with Gasteiger partial charge in [-0.15, -0.1) is 0 Å². The molecule has 0 unspecified atom stereocenters. The number of anilines is 7. The first-order valence-electron chi connectivity index (χ1n) is 15.7. The van der Waals surface area contributed by atoms with Crippen LogP contribution >= 0.6 is 23.2 Å². The fourth-order valence-corrected chi connectivity index (χ4v) is 4.34. The van der Waals surface area contributed by atoms with Gasteiger partial charge < -0.3 is 49.9 Å². The van der Waals surface area contributed by atoms with E-state index in [9.17, 15) is 9.59 Å². The molecule has 0 spiro atoms. The van der Waals surface area contributed by atoms with Crippen molar-refractivity contribution in [1.82, 2.24) is 45.5 Å². The Morgan fingerprint density at radius 1 is 0.627 bits per heavy atom. The molecule has 3 aromatic heterocycles. The third-order valence-corrected chi connectivity index (χ3v) is 7.25. The van der Waals surface area contributed by atoms with Crippen LogP contribution in [0.5, 0.6) is 0 Å². The average Bonchev–Trinajstić information content (AvgIpc) is 3.08. The van der Waals surface area contributed by atoms with Crippen LogP contribution in [0.1, 0.15) is 60.5 Å². The van der Waals surface area contributed by atoms with E-state index in [0.29, 0.717) is 82.8 Å². The summed E-state index contributed by atoms with van der Waals surface area (Å²) in [4.78, 5) is 63.9. The van der Waals surface area contributed by atoms with Crippen LogP contribution in [0.3, 0.4) is 0 Å². The third-order valence-electron chi connectivity index (χ3n) is 6.69. The van der Waals surface area contributed by atoms with Gasteiger partial charge in [0.15, 0.2) is 56.9 Å². The van der Waals surface area contributed by atoms with Crippen LogP contribution in [-0.4, -0.2) is 97.9 Å². The van der Waals surface area contributed by atoms with Crippen molar-refractivity contribution < 1.29 is 9.59 Å². The molecule has 0 aliphatic rings. The van der Waals surface area contributed by atoms with Crippen molar-refractivity contribution in [3.8, 4) is 0 Å². The number of nitrogens with zero attached hydrogens (tertiary/aromatic N) is 10. The maximum Gasteiger partial charge on any atom is 0.280 e. The molecule has 0 fully saturated rings. The second kappa shape index (κ2) is 19.4. The second-order valence-electron chi connectivity index (χ2n) is 10.4. The number of guanidine groups is 2. The van der Waals surface area contributed by atoms with Crippen LogP contribution in [0.4, 0.5) is 41.1 Å². The molecular weight excluding hydrogens is 707 g/mol. The SMILES string of the molecule is CCN(CC)c1nc(NCCCCN=C(N)NC(=O)c2nc(Cl)c(N)nc2N)nc(NCCCCN=C(N)NC(=O)c2nc(Cl)c(N)nc2N)n1. The van der Waals surface area contributed by atoms with E-state index in [0.717, 1.165) is 0 Å². The summed E-state index contributed by atoms with van der Waals surface area (Å²) in [6.45, 7) is 7.21. The lowest BCUT2D eigenvalue weighted by atomic mass is 10.3. The molecule has 0 atom stereocenters.